The summed E-state index contributed by atoms with van der Waals surface area (Å²) in [4.78, 5) is 38.8. The molecule has 1 heterocycles. The summed E-state index contributed by atoms with van der Waals surface area (Å²) in [5, 5.41) is 5.64. The van der Waals surface area contributed by atoms with Gasteiger partial charge in [0.05, 0.1) is 0 Å². The largest absolute Gasteiger partial charge is 0.325 e. The summed E-state index contributed by atoms with van der Waals surface area (Å²) in [6.07, 6.45) is 2.86. The molecule has 2 aliphatic rings. The molecule has 0 radical (unpaired) electrons. The lowest BCUT2D eigenvalue weighted by Crippen LogP contribution is -2.59. The molecule has 6 heteroatoms. The van der Waals surface area contributed by atoms with Gasteiger partial charge in [0.1, 0.15) is 12.1 Å². The van der Waals surface area contributed by atoms with Gasteiger partial charge in [0.25, 0.3) is 5.91 Å². The number of urea groups is 1. The predicted molar refractivity (Wildman–Crippen MR) is 95.0 cm³/mol. The average Bonchev–Trinajstić information content (AvgIpc) is 2.81. The van der Waals surface area contributed by atoms with Crippen molar-refractivity contribution in [1.82, 2.24) is 10.2 Å². The van der Waals surface area contributed by atoms with Crippen molar-refractivity contribution in [2.24, 2.45) is 11.8 Å². The van der Waals surface area contributed by atoms with Gasteiger partial charge in [-0.25, -0.2) is 4.79 Å². The lowest BCUT2D eigenvalue weighted by Gasteiger charge is -2.42. The van der Waals surface area contributed by atoms with Crippen LogP contribution in [0.15, 0.2) is 24.3 Å². The van der Waals surface area contributed by atoms with Gasteiger partial charge < -0.3 is 10.6 Å². The van der Waals surface area contributed by atoms with Crippen LogP contribution in [0.1, 0.15) is 38.7 Å². The van der Waals surface area contributed by atoms with Gasteiger partial charge in [-0.1, -0.05) is 38.0 Å². The van der Waals surface area contributed by atoms with Gasteiger partial charge in [0, 0.05) is 5.69 Å². The number of anilines is 1. The molecule has 134 valence electrons. The van der Waals surface area contributed by atoms with Gasteiger partial charge in [0.15, 0.2) is 0 Å². The summed E-state index contributed by atoms with van der Waals surface area (Å²) in [5.41, 5.74) is 0.880. The van der Waals surface area contributed by atoms with Gasteiger partial charge in [-0.2, -0.15) is 0 Å². The van der Waals surface area contributed by atoms with Crippen LogP contribution in [0.2, 0.25) is 0 Å². The molecule has 3 rings (SSSR count). The number of hydrogen-bond donors (Lipinski definition) is 2. The van der Waals surface area contributed by atoms with Crippen LogP contribution in [0.3, 0.4) is 0 Å². The van der Waals surface area contributed by atoms with Crippen molar-refractivity contribution in [3.8, 4) is 0 Å². The number of carbonyl (C=O) groups excluding carboxylic acids is 3. The molecule has 2 fully saturated rings. The zero-order chi connectivity index (χ0) is 18.2. The molecule has 0 bridgehead atoms. The van der Waals surface area contributed by atoms with Gasteiger partial charge in [0.2, 0.25) is 5.91 Å². The van der Waals surface area contributed by atoms with Gasteiger partial charge in [-0.15, -0.1) is 0 Å². The van der Waals surface area contributed by atoms with E-state index in [2.05, 4.69) is 10.6 Å². The minimum atomic E-state index is -0.862. The van der Waals surface area contributed by atoms with Crippen molar-refractivity contribution in [2.45, 2.75) is 45.6 Å². The zero-order valence-corrected chi connectivity index (χ0v) is 15.0. The first-order valence-corrected chi connectivity index (χ1v) is 8.85. The van der Waals surface area contributed by atoms with Gasteiger partial charge in [-0.3, -0.25) is 14.5 Å². The molecule has 4 amide bonds. The second-order valence-corrected chi connectivity index (χ2v) is 7.34. The Hall–Kier alpha value is -2.37. The first kappa shape index (κ1) is 17.5. The van der Waals surface area contributed by atoms with Crippen molar-refractivity contribution in [2.75, 3.05) is 11.9 Å². The summed E-state index contributed by atoms with van der Waals surface area (Å²) in [6.45, 7) is 5.71. The molecule has 25 heavy (non-hydrogen) atoms. The van der Waals surface area contributed by atoms with Crippen LogP contribution < -0.4 is 10.6 Å². The maximum absolute atomic E-state index is 13.0. The number of nitrogens with one attached hydrogen (secondary N) is 2. The zero-order valence-electron chi connectivity index (χ0n) is 15.0. The van der Waals surface area contributed by atoms with E-state index in [1.54, 1.807) is 12.1 Å². The van der Waals surface area contributed by atoms with E-state index in [0.29, 0.717) is 5.69 Å². The molecular formula is C19H25N3O3. The Balaban J connectivity index is 1.72. The lowest BCUT2D eigenvalue weighted by atomic mass is 9.67. The monoisotopic (exact) mass is 343 g/mol. The highest BCUT2D eigenvalue weighted by molar-refractivity contribution is 6.10. The fourth-order valence-electron chi connectivity index (χ4n) is 4.08. The number of amides is 4. The summed E-state index contributed by atoms with van der Waals surface area (Å²) in [5.74, 6) is -0.507. The van der Waals surface area contributed by atoms with Crippen molar-refractivity contribution in [1.29, 1.82) is 0 Å². The van der Waals surface area contributed by atoms with E-state index in [0.717, 1.165) is 29.7 Å². The van der Waals surface area contributed by atoms with Crippen LogP contribution in [0.5, 0.6) is 0 Å². The highest BCUT2D eigenvalue weighted by Gasteiger charge is 2.58. The SMILES string of the molecule is Cc1ccc(NC(=O)CN2C(=O)NC3(C2=O)[C@H](C)CCC[C@@H]3C)cc1. The first-order valence-electron chi connectivity index (χ1n) is 8.85. The molecule has 1 aromatic carbocycles. The van der Waals surface area contributed by atoms with Crippen molar-refractivity contribution >= 4 is 23.5 Å². The van der Waals surface area contributed by atoms with Crippen LogP contribution >= 0.6 is 0 Å². The molecule has 1 saturated carbocycles. The Labute approximate surface area is 148 Å². The molecule has 3 atom stereocenters. The molecule has 1 saturated heterocycles. The second kappa shape index (κ2) is 6.50. The van der Waals surface area contributed by atoms with E-state index < -0.39 is 11.6 Å². The Kier molecular flexibility index (Phi) is 4.54. The van der Waals surface area contributed by atoms with E-state index in [1.165, 1.54) is 0 Å². The Morgan fingerprint density at radius 3 is 2.40 bits per heavy atom. The predicted octanol–water partition coefficient (Wildman–Crippen LogP) is 2.68. The Bertz CT molecular complexity index is 688. The Morgan fingerprint density at radius 1 is 1.20 bits per heavy atom. The molecular weight excluding hydrogens is 318 g/mol. The van der Waals surface area contributed by atoms with E-state index in [-0.39, 0.29) is 30.2 Å². The fraction of sp³-hybridized carbons (Fsp3) is 0.526. The molecule has 1 spiro atoms. The summed E-state index contributed by atoms with van der Waals surface area (Å²) >= 11 is 0. The molecule has 1 aromatic rings. The molecule has 1 unspecified atom stereocenters. The quantitative estimate of drug-likeness (QED) is 0.828. The van der Waals surface area contributed by atoms with E-state index in [9.17, 15) is 14.4 Å². The maximum Gasteiger partial charge on any atom is 0.325 e. The third kappa shape index (κ3) is 3.01. The molecule has 1 aliphatic carbocycles. The van der Waals surface area contributed by atoms with E-state index in [4.69, 9.17) is 0 Å². The maximum atomic E-state index is 13.0. The lowest BCUT2D eigenvalue weighted by molar-refractivity contribution is -0.138. The van der Waals surface area contributed by atoms with Crippen LogP contribution in [0.25, 0.3) is 0 Å². The number of benzene rings is 1. The molecule has 2 N–H and O–H groups in total. The smallest absolute Gasteiger partial charge is 0.325 e. The fourth-order valence-corrected chi connectivity index (χ4v) is 4.08. The normalized spacial score (nSPS) is 29.0. The van der Waals surface area contributed by atoms with Crippen LogP contribution in [0, 0.1) is 18.8 Å². The standard InChI is InChI=1S/C19H25N3O3/c1-12-7-9-15(10-8-12)20-16(23)11-22-17(24)19(21-18(22)25)13(2)5-4-6-14(19)3/h7-10,13-14H,4-6,11H2,1-3H3,(H,20,23)(H,21,25)/t13-,14+,19?. The van der Waals surface area contributed by atoms with E-state index >= 15 is 0 Å². The van der Waals surface area contributed by atoms with Gasteiger partial charge >= 0.3 is 6.03 Å². The van der Waals surface area contributed by atoms with Crippen molar-refractivity contribution in [3.05, 3.63) is 29.8 Å². The minimum Gasteiger partial charge on any atom is -0.325 e. The molecule has 0 aromatic heterocycles. The number of carbonyl (C=O) groups is 3. The number of hydrogen-bond acceptors (Lipinski definition) is 3. The highest BCUT2D eigenvalue weighted by atomic mass is 16.2. The molecule has 6 nitrogen and oxygen atoms in total. The second-order valence-electron chi connectivity index (χ2n) is 7.34. The number of nitrogens with zero attached hydrogens (tertiary/aromatic N) is 1. The number of aryl methyl sites for hydroxylation is 1. The summed E-state index contributed by atoms with van der Waals surface area (Å²) in [6, 6.07) is 6.91. The van der Waals surface area contributed by atoms with E-state index in [1.807, 2.05) is 32.9 Å². The number of rotatable bonds is 3. The van der Waals surface area contributed by atoms with Gasteiger partial charge in [-0.05, 0) is 43.7 Å². The van der Waals surface area contributed by atoms with Crippen LogP contribution in [-0.2, 0) is 9.59 Å². The van der Waals surface area contributed by atoms with Crippen molar-refractivity contribution < 1.29 is 14.4 Å². The van der Waals surface area contributed by atoms with Crippen LogP contribution in [0.4, 0.5) is 10.5 Å². The third-order valence-corrected chi connectivity index (χ3v) is 5.62. The summed E-state index contributed by atoms with van der Waals surface area (Å²) in [7, 11) is 0. The first-order chi connectivity index (χ1) is 11.8. The van der Waals surface area contributed by atoms with Crippen molar-refractivity contribution in [3.63, 3.8) is 0 Å². The van der Waals surface area contributed by atoms with Crippen LogP contribution in [-0.4, -0.2) is 34.8 Å². The molecule has 1 aliphatic heterocycles. The topological polar surface area (TPSA) is 78.5 Å². The third-order valence-electron chi connectivity index (χ3n) is 5.62. The minimum absolute atomic E-state index is 0.0675. The Morgan fingerprint density at radius 2 is 1.80 bits per heavy atom. The highest BCUT2D eigenvalue weighted by Crippen LogP contribution is 2.42. The summed E-state index contributed by atoms with van der Waals surface area (Å²) < 4.78 is 0. The number of imide groups is 1. The average molecular weight is 343 g/mol.